The maximum absolute atomic E-state index is 12.1. The van der Waals surface area contributed by atoms with Crippen LogP contribution in [0.15, 0.2) is 24.5 Å². The molecular weight excluding hydrogens is 232 g/mol. The van der Waals surface area contributed by atoms with Gasteiger partial charge in [0.15, 0.2) is 0 Å². The van der Waals surface area contributed by atoms with Gasteiger partial charge >= 0.3 is 0 Å². The maximum Gasteiger partial charge on any atom is 0.227 e. The fourth-order valence-corrected chi connectivity index (χ4v) is 2.24. The lowest BCUT2D eigenvalue weighted by Gasteiger charge is -2.38. The van der Waals surface area contributed by atoms with Crippen molar-refractivity contribution in [2.45, 2.75) is 24.9 Å². The van der Waals surface area contributed by atoms with Crippen LogP contribution in [-0.4, -0.2) is 51.3 Å². The predicted molar refractivity (Wildman–Crippen MR) is 65.8 cm³/mol. The normalized spacial score (nSPS) is 24.0. The van der Waals surface area contributed by atoms with Crippen LogP contribution in [0, 0.1) is 0 Å². The number of pyridine rings is 1. The van der Waals surface area contributed by atoms with E-state index in [0.717, 1.165) is 12.0 Å². The van der Waals surface area contributed by atoms with Gasteiger partial charge in [0.05, 0.1) is 19.6 Å². The fraction of sp³-hybridized carbons (Fsp3) is 0.538. The third-order valence-electron chi connectivity index (χ3n) is 3.31. The Balaban J connectivity index is 1.97. The Bertz CT molecular complexity index is 410. The van der Waals surface area contributed by atoms with E-state index in [1.54, 1.807) is 29.4 Å². The van der Waals surface area contributed by atoms with Crippen molar-refractivity contribution in [1.82, 2.24) is 9.88 Å². The molecule has 1 amide bonds. The molecule has 1 saturated heterocycles. The van der Waals surface area contributed by atoms with Crippen LogP contribution in [0.5, 0.6) is 0 Å². The first-order valence-corrected chi connectivity index (χ1v) is 6.13. The van der Waals surface area contributed by atoms with Gasteiger partial charge in [0.2, 0.25) is 5.91 Å². The number of β-amino-alcohol motifs (C(OH)–C–C–N with tert-alkyl or cyclic N) is 1. The summed E-state index contributed by atoms with van der Waals surface area (Å²) in [7, 11) is 0. The number of hydrogen-bond acceptors (Lipinski definition) is 4. The first kappa shape index (κ1) is 13.0. The van der Waals surface area contributed by atoms with Crippen LogP contribution in [0.2, 0.25) is 0 Å². The molecule has 1 aromatic heterocycles. The van der Waals surface area contributed by atoms with Crippen molar-refractivity contribution in [3.05, 3.63) is 30.1 Å². The number of amides is 1. The first-order valence-electron chi connectivity index (χ1n) is 6.13. The molecule has 0 saturated carbocycles. The molecule has 0 aromatic carbocycles. The Morgan fingerprint density at radius 3 is 2.83 bits per heavy atom. The molecule has 98 valence electrons. The molecular formula is C13H18N2O3. The third-order valence-corrected chi connectivity index (χ3v) is 3.31. The average molecular weight is 250 g/mol. The Hall–Kier alpha value is -1.46. The summed E-state index contributed by atoms with van der Waals surface area (Å²) in [6, 6.07) is 3.61. The lowest BCUT2D eigenvalue weighted by Crippen LogP contribution is -2.52. The summed E-state index contributed by atoms with van der Waals surface area (Å²) in [5, 5.41) is 19.2. The van der Waals surface area contributed by atoms with E-state index < -0.39 is 5.60 Å². The van der Waals surface area contributed by atoms with E-state index >= 15 is 0 Å². The fourth-order valence-electron chi connectivity index (χ4n) is 2.24. The number of rotatable bonds is 3. The number of likely N-dealkylation sites (tertiary alicyclic amines) is 1. The third kappa shape index (κ3) is 3.05. The van der Waals surface area contributed by atoms with Gasteiger partial charge in [-0.15, -0.1) is 0 Å². The van der Waals surface area contributed by atoms with Gasteiger partial charge in [-0.25, -0.2) is 0 Å². The topological polar surface area (TPSA) is 73.7 Å². The smallest absolute Gasteiger partial charge is 0.227 e. The lowest BCUT2D eigenvalue weighted by atomic mass is 9.93. The van der Waals surface area contributed by atoms with Crippen LogP contribution in [0.25, 0.3) is 0 Å². The summed E-state index contributed by atoms with van der Waals surface area (Å²) in [6.45, 7) is 0.561. The number of nitrogens with zero attached hydrogens (tertiary/aromatic N) is 2. The summed E-state index contributed by atoms with van der Waals surface area (Å²) in [5.74, 6) is -0.0206. The number of carbonyl (C=O) groups is 1. The Labute approximate surface area is 106 Å². The second-order valence-corrected chi connectivity index (χ2v) is 4.83. The molecule has 1 aromatic rings. The largest absolute Gasteiger partial charge is 0.393 e. The van der Waals surface area contributed by atoms with Gasteiger partial charge in [0.25, 0.3) is 0 Å². The number of carbonyl (C=O) groups excluding carboxylic acids is 1. The number of piperidine rings is 1. The van der Waals surface area contributed by atoms with Gasteiger partial charge < -0.3 is 15.1 Å². The van der Waals surface area contributed by atoms with Crippen LogP contribution >= 0.6 is 0 Å². The molecule has 5 nitrogen and oxygen atoms in total. The van der Waals surface area contributed by atoms with Crippen molar-refractivity contribution in [1.29, 1.82) is 0 Å². The summed E-state index contributed by atoms with van der Waals surface area (Å²) in [6.07, 6.45) is 4.89. The van der Waals surface area contributed by atoms with Gasteiger partial charge in [-0.2, -0.15) is 0 Å². The van der Waals surface area contributed by atoms with E-state index in [2.05, 4.69) is 4.98 Å². The molecule has 1 aliphatic rings. The second-order valence-electron chi connectivity index (χ2n) is 4.83. The van der Waals surface area contributed by atoms with Crippen molar-refractivity contribution < 1.29 is 15.0 Å². The predicted octanol–water partition coefficient (Wildman–Crippen LogP) is -0.0301. The molecule has 1 fully saturated rings. The monoisotopic (exact) mass is 250 g/mol. The van der Waals surface area contributed by atoms with Crippen molar-refractivity contribution in [2.24, 2.45) is 0 Å². The van der Waals surface area contributed by atoms with Crippen LogP contribution in [-0.2, 0) is 11.2 Å². The second kappa shape index (κ2) is 5.46. The van der Waals surface area contributed by atoms with E-state index in [1.807, 2.05) is 0 Å². The summed E-state index contributed by atoms with van der Waals surface area (Å²) in [5.41, 5.74) is -0.222. The zero-order valence-corrected chi connectivity index (χ0v) is 10.2. The molecule has 0 aliphatic carbocycles. The number of aliphatic hydroxyl groups excluding tert-OH is 1. The van der Waals surface area contributed by atoms with Crippen molar-refractivity contribution in [3.8, 4) is 0 Å². The Morgan fingerprint density at radius 2 is 2.17 bits per heavy atom. The molecule has 2 N–H and O–H groups in total. The molecule has 1 unspecified atom stereocenters. The highest BCUT2D eigenvalue weighted by Gasteiger charge is 2.34. The van der Waals surface area contributed by atoms with Gasteiger partial charge in [0, 0.05) is 18.9 Å². The molecule has 5 heteroatoms. The quantitative estimate of drug-likeness (QED) is 0.790. The van der Waals surface area contributed by atoms with Crippen LogP contribution in [0.4, 0.5) is 0 Å². The zero-order valence-electron chi connectivity index (χ0n) is 10.2. The van der Waals surface area contributed by atoms with E-state index in [9.17, 15) is 9.90 Å². The highest BCUT2D eigenvalue weighted by Crippen LogP contribution is 2.21. The Morgan fingerprint density at radius 1 is 1.44 bits per heavy atom. The summed E-state index contributed by atoms with van der Waals surface area (Å²) >= 11 is 0. The zero-order chi connectivity index (χ0) is 13.0. The minimum Gasteiger partial charge on any atom is -0.393 e. The number of hydrogen-bond donors (Lipinski definition) is 2. The maximum atomic E-state index is 12.1. The lowest BCUT2D eigenvalue weighted by molar-refractivity contribution is -0.139. The van der Waals surface area contributed by atoms with Crippen molar-refractivity contribution in [3.63, 3.8) is 0 Å². The molecule has 0 radical (unpaired) electrons. The van der Waals surface area contributed by atoms with Crippen molar-refractivity contribution in [2.75, 3.05) is 19.7 Å². The van der Waals surface area contributed by atoms with Gasteiger partial charge in [-0.1, -0.05) is 0 Å². The first-order chi connectivity index (χ1) is 8.63. The molecule has 1 atom stereocenters. The van der Waals surface area contributed by atoms with E-state index in [4.69, 9.17) is 5.11 Å². The number of aromatic nitrogens is 1. The Kier molecular flexibility index (Phi) is 3.93. The minimum absolute atomic E-state index is 0.0206. The molecule has 1 aliphatic heterocycles. The highest BCUT2D eigenvalue weighted by molar-refractivity contribution is 5.78. The average Bonchev–Trinajstić information content (AvgIpc) is 2.40. The van der Waals surface area contributed by atoms with Gasteiger partial charge in [0.1, 0.15) is 5.60 Å². The molecule has 0 spiro atoms. The number of aliphatic hydroxyl groups is 2. The standard InChI is InChI=1S/C13H18N2O3/c16-10-13(18)4-1-7-15(9-13)12(17)8-11-2-5-14-6-3-11/h2-3,5-6,16,18H,1,4,7-10H2. The summed E-state index contributed by atoms with van der Waals surface area (Å²) in [4.78, 5) is 17.6. The molecule has 2 heterocycles. The van der Waals surface area contributed by atoms with Crippen molar-refractivity contribution >= 4 is 5.91 Å². The minimum atomic E-state index is -1.13. The van der Waals surface area contributed by atoms with Crippen LogP contribution < -0.4 is 0 Å². The van der Waals surface area contributed by atoms with Gasteiger partial charge in [-0.3, -0.25) is 9.78 Å². The van der Waals surface area contributed by atoms with E-state index in [0.29, 0.717) is 19.4 Å². The van der Waals surface area contributed by atoms with E-state index in [-0.39, 0.29) is 19.1 Å². The SMILES string of the molecule is O=C(Cc1ccncc1)N1CCCC(O)(CO)C1. The summed E-state index contributed by atoms with van der Waals surface area (Å²) < 4.78 is 0. The molecule has 18 heavy (non-hydrogen) atoms. The van der Waals surface area contributed by atoms with E-state index in [1.165, 1.54) is 0 Å². The van der Waals surface area contributed by atoms with Gasteiger partial charge in [-0.05, 0) is 30.5 Å². The molecule has 0 bridgehead atoms. The molecule has 2 rings (SSSR count). The van der Waals surface area contributed by atoms with Crippen LogP contribution in [0.3, 0.4) is 0 Å². The highest BCUT2D eigenvalue weighted by atomic mass is 16.3. The van der Waals surface area contributed by atoms with Crippen LogP contribution in [0.1, 0.15) is 18.4 Å².